The van der Waals surface area contributed by atoms with Gasteiger partial charge in [0.2, 0.25) is 5.89 Å². The van der Waals surface area contributed by atoms with Crippen LogP contribution in [0.2, 0.25) is 0 Å². The second-order valence-corrected chi connectivity index (χ2v) is 4.39. The second-order valence-electron chi connectivity index (χ2n) is 4.39. The lowest BCUT2D eigenvalue weighted by Gasteiger charge is -2.08. The Labute approximate surface area is 111 Å². The van der Waals surface area contributed by atoms with Crippen molar-refractivity contribution < 1.29 is 13.9 Å². The minimum Gasteiger partial charge on any atom is -0.493 e. The predicted molar refractivity (Wildman–Crippen MR) is 70.5 cm³/mol. The van der Waals surface area contributed by atoms with Crippen molar-refractivity contribution in [3.8, 4) is 23.0 Å². The third-order valence-corrected chi connectivity index (χ3v) is 3.23. The first-order valence-electron chi connectivity index (χ1n) is 6.23. The maximum atomic E-state index is 5.80. The number of fused-ring (bicyclic) bond motifs is 1. The molecule has 2 heterocycles. The van der Waals surface area contributed by atoms with Crippen LogP contribution in [0.3, 0.4) is 0 Å². The van der Waals surface area contributed by atoms with E-state index in [1.165, 1.54) is 0 Å². The Hall–Kier alpha value is -2.01. The highest BCUT2D eigenvalue weighted by molar-refractivity contribution is 5.60. The van der Waals surface area contributed by atoms with E-state index in [2.05, 4.69) is 10.3 Å². The maximum absolute atomic E-state index is 5.80. The minimum atomic E-state index is 0.634. The number of nitrogens with one attached hydrogen (secondary N) is 1. The fourth-order valence-electron chi connectivity index (χ4n) is 2.22. The van der Waals surface area contributed by atoms with Gasteiger partial charge in [0.05, 0.1) is 26.5 Å². The van der Waals surface area contributed by atoms with E-state index >= 15 is 0 Å². The average molecular weight is 260 g/mol. The minimum absolute atomic E-state index is 0.634. The van der Waals surface area contributed by atoms with Crippen molar-refractivity contribution in [2.45, 2.75) is 13.0 Å². The summed E-state index contributed by atoms with van der Waals surface area (Å²) in [5.41, 5.74) is 1.94. The molecule has 5 nitrogen and oxygen atoms in total. The van der Waals surface area contributed by atoms with Gasteiger partial charge >= 0.3 is 0 Å². The molecular weight excluding hydrogens is 244 g/mol. The standard InChI is InChI=1S/C14H16N2O3/c1-17-11-4-3-9(7-12(11)18-2)14-16-10-5-6-15-8-13(10)19-14/h3-4,7,15H,5-6,8H2,1-2H3. The van der Waals surface area contributed by atoms with Crippen molar-refractivity contribution in [2.75, 3.05) is 20.8 Å². The van der Waals surface area contributed by atoms with Crippen molar-refractivity contribution in [1.82, 2.24) is 10.3 Å². The molecule has 0 spiro atoms. The SMILES string of the molecule is COc1ccc(-c2nc3c(o2)CNCC3)cc1OC. The van der Waals surface area contributed by atoms with Crippen molar-refractivity contribution in [2.24, 2.45) is 0 Å². The Morgan fingerprint density at radius 3 is 2.79 bits per heavy atom. The van der Waals surface area contributed by atoms with Crippen LogP contribution in [0.4, 0.5) is 0 Å². The molecule has 100 valence electrons. The molecule has 0 amide bonds. The molecule has 0 atom stereocenters. The third kappa shape index (κ3) is 2.17. The summed E-state index contributed by atoms with van der Waals surface area (Å²) in [7, 11) is 3.24. The number of methoxy groups -OCH3 is 2. The van der Waals surface area contributed by atoms with E-state index < -0.39 is 0 Å². The fourth-order valence-corrected chi connectivity index (χ4v) is 2.22. The Morgan fingerprint density at radius 1 is 1.21 bits per heavy atom. The maximum Gasteiger partial charge on any atom is 0.226 e. The van der Waals surface area contributed by atoms with Gasteiger partial charge in [0.25, 0.3) is 0 Å². The molecule has 1 aromatic heterocycles. The zero-order chi connectivity index (χ0) is 13.2. The number of hydrogen-bond acceptors (Lipinski definition) is 5. The molecule has 0 unspecified atom stereocenters. The fraction of sp³-hybridized carbons (Fsp3) is 0.357. The monoisotopic (exact) mass is 260 g/mol. The number of aromatic nitrogens is 1. The molecule has 0 radical (unpaired) electrons. The number of benzene rings is 1. The van der Waals surface area contributed by atoms with Crippen LogP contribution in [0.25, 0.3) is 11.5 Å². The highest BCUT2D eigenvalue weighted by atomic mass is 16.5. The van der Waals surface area contributed by atoms with Gasteiger partial charge in [-0.25, -0.2) is 4.98 Å². The van der Waals surface area contributed by atoms with Gasteiger partial charge in [0.15, 0.2) is 11.5 Å². The predicted octanol–water partition coefficient (Wildman–Crippen LogP) is 2.00. The van der Waals surface area contributed by atoms with Crippen LogP contribution < -0.4 is 14.8 Å². The Morgan fingerprint density at radius 2 is 2.05 bits per heavy atom. The summed E-state index contributed by atoms with van der Waals surface area (Å²) in [5, 5.41) is 3.27. The lowest BCUT2D eigenvalue weighted by Crippen LogP contribution is -2.22. The van der Waals surface area contributed by atoms with Gasteiger partial charge in [-0.05, 0) is 18.2 Å². The van der Waals surface area contributed by atoms with Crippen molar-refractivity contribution in [1.29, 1.82) is 0 Å². The van der Waals surface area contributed by atoms with E-state index in [0.29, 0.717) is 17.4 Å². The van der Waals surface area contributed by atoms with Crippen LogP contribution in [-0.4, -0.2) is 25.7 Å². The molecule has 19 heavy (non-hydrogen) atoms. The first kappa shape index (κ1) is 12.0. The smallest absolute Gasteiger partial charge is 0.226 e. The summed E-state index contributed by atoms with van der Waals surface area (Å²) in [5.74, 6) is 2.93. The molecular formula is C14H16N2O3. The molecule has 0 fully saturated rings. The first-order chi connectivity index (χ1) is 9.31. The normalized spacial score (nSPS) is 14.0. The summed E-state index contributed by atoms with van der Waals surface area (Å²) in [4.78, 5) is 4.55. The second kappa shape index (κ2) is 4.93. The van der Waals surface area contributed by atoms with Crippen LogP contribution in [0.15, 0.2) is 22.6 Å². The zero-order valence-electron chi connectivity index (χ0n) is 11.0. The van der Waals surface area contributed by atoms with E-state index in [9.17, 15) is 0 Å². The number of hydrogen-bond donors (Lipinski definition) is 1. The van der Waals surface area contributed by atoms with Crippen molar-refractivity contribution in [3.63, 3.8) is 0 Å². The van der Waals surface area contributed by atoms with Crippen LogP contribution in [0.5, 0.6) is 11.5 Å². The molecule has 5 heteroatoms. The quantitative estimate of drug-likeness (QED) is 0.914. The van der Waals surface area contributed by atoms with E-state index in [4.69, 9.17) is 13.9 Å². The Balaban J connectivity index is 1.99. The Bertz CT molecular complexity index is 569. The lowest BCUT2D eigenvalue weighted by molar-refractivity contribution is 0.355. The van der Waals surface area contributed by atoms with Crippen molar-refractivity contribution >= 4 is 0 Å². The summed E-state index contributed by atoms with van der Waals surface area (Å²) in [6, 6.07) is 5.66. The summed E-state index contributed by atoms with van der Waals surface area (Å²) >= 11 is 0. The summed E-state index contributed by atoms with van der Waals surface area (Å²) in [6.07, 6.45) is 0.909. The molecule has 0 bridgehead atoms. The molecule has 1 aliphatic rings. The van der Waals surface area contributed by atoms with Gasteiger partial charge < -0.3 is 19.2 Å². The Kier molecular flexibility index (Phi) is 3.13. The van der Waals surface area contributed by atoms with Gasteiger partial charge in [-0.3, -0.25) is 0 Å². The van der Waals surface area contributed by atoms with Crippen LogP contribution >= 0.6 is 0 Å². The van der Waals surface area contributed by atoms with Crippen LogP contribution in [0.1, 0.15) is 11.5 Å². The molecule has 0 aliphatic carbocycles. The summed E-state index contributed by atoms with van der Waals surface area (Å²) < 4.78 is 16.3. The van der Waals surface area contributed by atoms with Gasteiger partial charge in [0.1, 0.15) is 5.76 Å². The lowest BCUT2D eigenvalue weighted by atomic mass is 10.2. The first-order valence-corrected chi connectivity index (χ1v) is 6.23. The van der Waals surface area contributed by atoms with Gasteiger partial charge in [0, 0.05) is 18.5 Å². The molecule has 2 aromatic rings. The van der Waals surface area contributed by atoms with E-state index in [1.54, 1.807) is 14.2 Å². The molecule has 1 aliphatic heterocycles. The van der Waals surface area contributed by atoms with Crippen LogP contribution in [-0.2, 0) is 13.0 Å². The number of oxazole rings is 1. The molecule has 1 aromatic carbocycles. The highest BCUT2D eigenvalue weighted by Crippen LogP contribution is 2.32. The number of ether oxygens (including phenoxy) is 2. The summed E-state index contributed by atoms with van der Waals surface area (Å²) in [6.45, 7) is 1.69. The van der Waals surface area contributed by atoms with Crippen molar-refractivity contribution in [3.05, 3.63) is 29.7 Å². The topological polar surface area (TPSA) is 56.5 Å². The zero-order valence-corrected chi connectivity index (χ0v) is 11.0. The third-order valence-electron chi connectivity index (χ3n) is 3.23. The molecule has 3 rings (SSSR count). The van der Waals surface area contributed by atoms with E-state index in [-0.39, 0.29) is 0 Å². The van der Waals surface area contributed by atoms with Crippen LogP contribution in [0, 0.1) is 0 Å². The molecule has 0 saturated carbocycles. The van der Waals surface area contributed by atoms with E-state index in [1.807, 2.05) is 18.2 Å². The number of nitrogens with zero attached hydrogens (tertiary/aromatic N) is 1. The average Bonchev–Trinajstić information content (AvgIpc) is 2.90. The van der Waals surface area contributed by atoms with Gasteiger partial charge in [-0.2, -0.15) is 0 Å². The molecule has 0 saturated heterocycles. The van der Waals surface area contributed by atoms with Gasteiger partial charge in [-0.1, -0.05) is 0 Å². The van der Waals surface area contributed by atoms with E-state index in [0.717, 1.165) is 36.5 Å². The number of rotatable bonds is 3. The molecule has 1 N–H and O–H groups in total. The largest absolute Gasteiger partial charge is 0.493 e. The van der Waals surface area contributed by atoms with Gasteiger partial charge in [-0.15, -0.1) is 0 Å². The highest BCUT2D eigenvalue weighted by Gasteiger charge is 2.18.